The molecule has 2 aromatic rings. The molecule has 5 heteroatoms. The van der Waals surface area contributed by atoms with Crippen LogP contribution in [0.1, 0.15) is 55.1 Å². The van der Waals surface area contributed by atoms with Crippen molar-refractivity contribution in [2.24, 2.45) is 0 Å². The van der Waals surface area contributed by atoms with E-state index in [1.54, 1.807) is 4.90 Å². The van der Waals surface area contributed by atoms with Crippen molar-refractivity contribution < 1.29 is 4.79 Å². The van der Waals surface area contributed by atoms with Gasteiger partial charge in [0.1, 0.15) is 0 Å². The molecular weight excluding hydrogens is 372 g/mol. The molecule has 4 rings (SSSR count). The van der Waals surface area contributed by atoms with Gasteiger partial charge in [0.05, 0.1) is 10.6 Å². The number of thioether (sulfide) groups is 1. The number of amides is 1. The number of carbonyl (C=O) groups excluding carboxylic acids is 1. The van der Waals surface area contributed by atoms with Crippen molar-refractivity contribution in [3.8, 4) is 0 Å². The predicted octanol–water partition coefficient (Wildman–Crippen LogP) is 6.02. The maximum Gasteiger partial charge on any atom is 0.270 e. The predicted molar refractivity (Wildman–Crippen MR) is 118 cm³/mol. The fourth-order valence-corrected chi connectivity index (χ4v) is 5.55. The van der Waals surface area contributed by atoms with Crippen LogP contribution in [0.5, 0.6) is 0 Å². The van der Waals surface area contributed by atoms with E-state index in [0.717, 1.165) is 11.3 Å². The summed E-state index contributed by atoms with van der Waals surface area (Å²) in [6.07, 6.45) is 8.51. The van der Waals surface area contributed by atoms with Gasteiger partial charge in [0.25, 0.3) is 5.91 Å². The van der Waals surface area contributed by atoms with E-state index in [1.165, 1.54) is 55.3 Å². The summed E-state index contributed by atoms with van der Waals surface area (Å²) in [6.45, 7) is 4.35. The highest BCUT2D eigenvalue weighted by atomic mass is 32.2. The molecule has 1 aliphatic heterocycles. The number of nitrogens with zero attached hydrogens (tertiary/aromatic N) is 2. The van der Waals surface area contributed by atoms with Gasteiger partial charge in [-0.05, 0) is 56.5 Å². The Morgan fingerprint density at radius 1 is 1.11 bits per heavy atom. The van der Waals surface area contributed by atoms with Crippen molar-refractivity contribution >= 4 is 46.0 Å². The number of hydrogen-bond donors (Lipinski definition) is 0. The molecule has 140 valence electrons. The third-order valence-electron chi connectivity index (χ3n) is 5.56. The smallest absolute Gasteiger partial charge is 0.270 e. The average molecular weight is 397 g/mol. The summed E-state index contributed by atoms with van der Waals surface area (Å²) in [5.74, 6) is -0.0290. The van der Waals surface area contributed by atoms with Gasteiger partial charge in [0.15, 0.2) is 4.32 Å². The second-order valence-corrected chi connectivity index (χ2v) is 9.02. The number of aryl methyl sites for hydroxylation is 1. The Bertz CT molecular complexity index is 908. The Morgan fingerprint density at radius 3 is 2.52 bits per heavy atom. The van der Waals surface area contributed by atoms with Crippen LogP contribution < -0.4 is 4.90 Å². The first-order valence-electron chi connectivity index (χ1n) is 9.57. The zero-order valence-corrected chi connectivity index (χ0v) is 17.4. The fourth-order valence-electron chi connectivity index (χ4n) is 4.26. The Hall–Kier alpha value is -1.85. The van der Waals surface area contributed by atoms with Gasteiger partial charge in [-0.15, -0.1) is 0 Å². The largest absolute Gasteiger partial charge is 0.346 e. The van der Waals surface area contributed by atoms with E-state index in [-0.39, 0.29) is 5.91 Å². The highest BCUT2D eigenvalue weighted by molar-refractivity contribution is 8.27. The van der Waals surface area contributed by atoms with Crippen molar-refractivity contribution in [1.82, 2.24) is 4.57 Å². The number of rotatable bonds is 3. The van der Waals surface area contributed by atoms with Gasteiger partial charge in [0, 0.05) is 17.4 Å². The topological polar surface area (TPSA) is 25.2 Å². The molecule has 2 fully saturated rings. The summed E-state index contributed by atoms with van der Waals surface area (Å²) in [5, 5.41) is 0. The van der Waals surface area contributed by atoms with Crippen molar-refractivity contribution in [3.05, 3.63) is 58.3 Å². The van der Waals surface area contributed by atoms with Crippen LogP contribution in [0.2, 0.25) is 0 Å². The molecule has 0 N–H and O–H groups in total. The van der Waals surface area contributed by atoms with Crippen LogP contribution in [-0.4, -0.2) is 14.8 Å². The lowest BCUT2D eigenvalue weighted by Crippen LogP contribution is -2.27. The van der Waals surface area contributed by atoms with E-state index in [4.69, 9.17) is 12.2 Å². The van der Waals surface area contributed by atoms with Gasteiger partial charge in [-0.25, -0.2) is 0 Å². The summed E-state index contributed by atoms with van der Waals surface area (Å²) in [5.41, 5.74) is 4.50. The maximum absolute atomic E-state index is 13.0. The van der Waals surface area contributed by atoms with Crippen LogP contribution in [0.25, 0.3) is 6.08 Å². The molecule has 1 saturated carbocycles. The molecule has 2 aliphatic rings. The molecule has 0 spiro atoms. The minimum atomic E-state index is -0.0290. The third kappa shape index (κ3) is 3.50. The van der Waals surface area contributed by atoms with Gasteiger partial charge in [-0.2, -0.15) is 0 Å². The molecule has 0 atom stereocenters. The molecule has 27 heavy (non-hydrogen) atoms. The van der Waals surface area contributed by atoms with Gasteiger partial charge >= 0.3 is 0 Å². The van der Waals surface area contributed by atoms with Gasteiger partial charge in [-0.3, -0.25) is 9.69 Å². The van der Waals surface area contributed by atoms with Gasteiger partial charge < -0.3 is 4.57 Å². The first kappa shape index (κ1) is 18.5. The van der Waals surface area contributed by atoms with E-state index in [2.05, 4.69) is 24.5 Å². The van der Waals surface area contributed by atoms with Gasteiger partial charge in [0.2, 0.25) is 0 Å². The number of hydrogen-bond acceptors (Lipinski definition) is 3. The zero-order chi connectivity index (χ0) is 19.0. The summed E-state index contributed by atoms with van der Waals surface area (Å²) >= 11 is 6.87. The number of benzene rings is 1. The molecular formula is C22H24N2OS2. The molecule has 2 heterocycles. The Kier molecular flexibility index (Phi) is 5.24. The Labute approximate surface area is 170 Å². The summed E-state index contributed by atoms with van der Waals surface area (Å²) < 4.78 is 3.07. The molecule has 1 amide bonds. The molecule has 0 unspecified atom stereocenters. The SMILES string of the molecule is Cc1cc(/C=C2/SC(=S)N(c3ccccc3)C2=O)c(C)n1C1CCCCC1. The monoisotopic (exact) mass is 396 g/mol. The maximum atomic E-state index is 13.0. The average Bonchev–Trinajstić information content (AvgIpc) is 3.11. The van der Waals surface area contributed by atoms with Crippen LogP contribution >= 0.6 is 24.0 Å². The molecule has 0 bridgehead atoms. The summed E-state index contributed by atoms with van der Waals surface area (Å²) in [7, 11) is 0. The first-order valence-corrected chi connectivity index (χ1v) is 10.8. The van der Waals surface area contributed by atoms with Crippen LogP contribution in [0.15, 0.2) is 41.3 Å². The second-order valence-electron chi connectivity index (χ2n) is 7.34. The molecule has 1 aromatic heterocycles. The molecule has 0 radical (unpaired) electrons. The Morgan fingerprint density at radius 2 is 1.81 bits per heavy atom. The van der Waals surface area contributed by atoms with Crippen LogP contribution in [0, 0.1) is 13.8 Å². The number of para-hydroxylation sites is 1. The van der Waals surface area contributed by atoms with Crippen LogP contribution in [0.3, 0.4) is 0 Å². The standard InChI is InChI=1S/C22H24N2OS2/c1-15-13-17(16(2)23(15)18-9-5-3-6-10-18)14-20-21(25)24(22(26)27-20)19-11-7-4-8-12-19/h4,7-8,11-14,18H,3,5-6,9-10H2,1-2H3/b20-14+. The van der Waals surface area contributed by atoms with E-state index >= 15 is 0 Å². The lowest BCUT2D eigenvalue weighted by atomic mass is 9.95. The quantitative estimate of drug-likeness (QED) is 0.469. The van der Waals surface area contributed by atoms with Crippen molar-refractivity contribution in [2.45, 2.75) is 52.0 Å². The highest BCUT2D eigenvalue weighted by Crippen LogP contribution is 2.38. The normalized spacial score (nSPS) is 20.1. The second kappa shape index (κ2) is 7.64. The van der Waals surface area contributed by atoms with E-state index < -0.39 is 0 Å². The van der Waals surface area contributed by atoms with Crippen LogP contribution in [0.4, 0.5) is 5.69 Å². The van der Waals surface area contributed by atoms with Gasteiger partial charge in [-0.1, -0.05) is 61.4 Å². The zero-order valence-electron chi connectivity index (χ0n) is 15.8. The van der Waals surface area contributed by atoms with Crippen molar-refractivity contribution in [3.63, 3.8) is 0 Å². The molecule has 1 aromatic carbocycles. The first-order chi connectivity index (χ1) is 13.1. The Balaban J connectivity index is 1.64. The summed E-state index contributed by atoms with van der Waals surface area (Å²) in [4.78, 5) is 15.3. The highest BCUT2D eigenvalue weighted by Gasteiger charge is 2.33. The minimum Gasteiger partial charge on any atom is -0.346 e. The fraction of sp³-hybridized carbons (Fsp3) is 0.364. The summed E-state index contributed by atoms with van der Waals surface area (Å²) in [6, 6.07) is 12.4. The third-order valence-corrected chi connectivity index (χ3v) is 6.86. The van der Waals surface area contributed by atoms with E-state index in [1.807, 2.05) is 36.4 Å². The van der Waals surface area contributed by atoms with Crippen LogP contribution in [-0.2, 0) is 4.79 Å². The minimum absolute atomic E-state index is 0.0290. The lowest BCUT2D eigenvalue weighted by molar-refractivity contribution is -0.113. The van der Waals surface area contributed by atoms with E-state index in [9.17, 15) is 4.79 Å². The van der Waals surface area contributed by atoms with Crippen molar-refractivity contribution in [2.75, 3.05) is 4.90 Å². The number of aromatic nitrogens is 1. The molecule has 1 aliphatic carbocycles. The number of anilines is 1. The molecule has 3 nitrogen and oxygen atoms in total. The van der Waals surface area contributed by atoms with E-state index in [0.29, 0.717) is 15.3 Å². The number of thiocarbonyl (C=S) groups is 1. The lowest BCUT2D eigenvalue weighted by Gasteiger charge is -2.26. The number of carbonyl (C=O) groups is 1. The van der Waals surface area contributed by atoms with Crippen molar-refractivity contribution in [1.29, 1.82) is 0 Å². The molecule has 1 saturated heterocycles.